The van der Waals surface area contributed by atoms with Crippen molar-refractivity contribution in [3.05, 3.63) is 98.6 Å². The minimum absolute atomic E-state index is 0.0202. The van der Waals surface area contributed by atoms with Crippen LogP contribution >= 0.6 is 11.6 Å². The second-order valence-corrected chi connectivity index (χ2v) is 11.4. The van der Waals surface area contributed by atoms with Crippen LogP contribution in [0, 0.1) is 11.6 Å². The maximum atomic E-state index is 14.0. The van der Waals surface area contributed by atoms with Crippen LogP contribution in [0.5, 0.6) is 0 Å². The molecule has 200 valence electrons. The summed E-state index contributed by atoms with van der Waals surface area (Å²) in [5, 5.41) is 5.12. The Morgan fingerprint density at radius 2 is 1.76 bits per heavy atom. The second-order valence-electron chi connectivity index (χ2n) is 8.74. The van der Waals surface area contributed by atoms with Gasteiger partial charge in [0.25, 0.3) is 11.8 Å². The van der Waals surface area contributed by atoms with Crippen molar-refractivity contribution in [1.29, 1.82) is 0 Å². The molecule has 0 bridgehead atoms. The summed E-state index contributed by atoms with van der Waals surface area (Å²) in [5.74, 6) is -4.01. The Bertz CT molecular complexity index is 1570. The Labute approximate surface area is 218 Å². The first-order chi connectivity index (χ1) is 17.6. The zero-order valence-corrected chi connectivity index (χ0v) is 21.0. The fourth-order valence-electron chi connectivity index (χ4n) is 4.09. The molecule has 4 rings (SSSR count). The molecule has 0 saturated carbocycles. The number of anilines is 1. The number of hydrogen-bond acceptors (Lipinski definition) is 4. The normalized spacial score (nSPS) is 15.2. The Morgan fingerprint density at radius 1 is 1.05 bits per heavy atom. The molecular weight excluding hydrogens is 555 g/mol. The molecule has 38 heavy (non-hydrogen) atoms. The summed E-state index contributed by atoms with van der Waals surface area (Å²) in [6, 6.07) is 6.47. The average Bonchev–Trinajstić information content (AvgIpc) is 3.14. The highest BCUT2D eigenvalue weighted by atomic mass is 35.5. The van der Waals surface area contributed by atoms with Crippen molar-refractivity contribution in [1.82, 2.24) is 5.32 Å². The van der Waals surface area contributed by atoms with Gasteiger partial charge in [-0.1, -0.05) is 11.6 Å². The number of hydrogen-bond donors (Lipinski definition) is 2. The van der Waals surface area contributed by atoms with Crippen molar-refractivity contribution in [2.75, 3.05) is 17.3 Å². The molecule has 0 aliphatic carbocycles. The van der Waals surface area contributed by atoms with Crippen LogP contribution in [0.4, 0.5) is 27.6 Å². The minimum Gasteiger partial charge on any atom is -0.341 e. The number of alkyl halides is 3. The van der Waals surface area contributed by atoms with Gasteiger partial charge in [0.15, 0.2) is 0 Å². The van der Waals surface area contributed by atoms with Gasteiger partial charge in [-0.2, -0.15) is 13.2 Å². The Balaban J connectivity index is 1.83. The molecule has 2 amide bonds. The van der Waals surface area contributed by atoms with E-state index in [1.165, 1.54) is 18.2 Å². The number of halogens is 6. The Hall–Kier alpha value is -3.51. The third-order valence-electron chi connectivity index (χ3n) is 5.81. The number of carbonyl (C=O) groups excluding carboxylic acids is 2. The first-order valence-corrected chi connectivity index (χ1v) is 13.4. The molecular formula is C25H18ClF5N2O4S. The maximum Gasteiger partial charge on any atom is 0.416 e. The monoisotopic (exact) mass is 572 g/mol. The fourth-order valence-corrected chi connectivity index (χ4v) is 4.93. The number of rotatable bonds is 6. The average molecular weight is 573 g/mol. The van der Waals surface area contributed by atoms with Crippen LogP contribution in [0.25, 0.3) is 0 Å². The fraction of sp³-hybridized carbons (Fsp3) is 0.200. The molecule has 0 spiro atoms. The summed E-state index contributed by atoms with van der Waals surface area (Å²) in [6.45, 7) is 0. The van der Waals surface area contributed by atoms with Gasteiger partial charge in [-0.25, -0.2) is 17.2 Å². The van der Waals surface area contributed by atoms with E-state index < -0.39 is 56.6 Å². The first-order valence-electron chi connectivity index (χ1n) is 10.9. The lowest BCUT2D eigenvalue weighted by Crippen LogP contribution is -2.21. The van der Waals surface area contributed by atoms with Gasteiger partial charge in [0.05, 0.1) is 17.4 Å². The van der Waals surface area contributed by atoms with Gasteiger partial charge < -0.3 is 10.6 Å². The number of amides is 2. The summed E-state index contributed by atoms with van der Waals surface area (Å²) in [7, 11) is -3.41. The van der Waals surface area contributed by atoms with Crippen LogP contribution in [0.3, 0.4) is 0 Å². The third kappa shape index (κ3) is 5.97. The van der Waals surface area contributed by atoms with Crippen molar-refractivity contribution >= 4 is 38.9 Å². The number of sulfone groups is 1. The molecule has 2 N–H and O–H groups in total. The smallest absolute Gasteiger partial charge is 0.341 e. The molecule has 0 aromatic heterocycles. The van der Waals surface area contributed by atoms with Gasteiger partial charge in [-0.15, -0.1) is 0 Å². The van der Waals surface area contributed by atoms with E-state index >= 15 is 0 Å². The van der Waals surface area contributed by atoms with Gasteiger partial charge in [-0.3, -0.25) is 9.59 Å². The zero-order valence-electron chi connectivity index (χ0n) is 19.4. The lowest BCUT2D eigenvalue weighted by molar-refractivity contribution is -0.137. The van der Waals surface area contributed by atoms with E-state index in [0.717, 1.165) is 18.4 Å². The van der Waals surface area contributed by atoms with E-state index in [9.17, 15) is 40.0 Å². The molecule has 1 aliphatic heterocycles. The molecule has 0 fully saturated rings. The van der Waals surface area contributed by atoms with E-state index in [-0.39, 0.29) is 45.6 Å². The molecule has 1 atom stereocenters. The van der Waals surface area contributed by atoms with Crippen LogP contribution in [-0.2, 0) is 22.4 Å². The molecule has 1 unspecified atom stereocenters. The van der Waals surface area contributed by atoms with E-state index in [1.807, 2.05) is 0 Å². The Kier molecular flexibility index (Phi) is 7.23. The maximum absolute atomic E-state index is 14.0. The summed E-state index contributed by atoms with van der Waals surface area (Å²) in [4.78, 5) is 25.8. The minimum atomic E-state index is -4.92. The van der Waals surface area contributed by atoms with Crippen LogP contribution in [0.2, 0.25) is 5.02 Å². The first kappa shape index (κ1) is 27.5. The summed E-state index contributed by atoms with van der Waals surface area (Å²) >= 11 is 6.23. The van der Waals surface area contributed by atoms with Gasteiger partial charge in [-0.05, 0) is 60.5 Å². The number of benzene rings is 3. The van der Waals surface area contributed by atoms with Gasteiger partial charge in [0.1, 0.15) is 21.5 Å². The lowest BCUT2D eigenvalue weighted by Gasteiger charge is -2.19. The van der Waals surface area contributed by atoms with Crippen LogP contribution in [0.1, 0.15) is 49.0 Å². The summed E-state index contributed by atoms with van der Waals surface area (Å²) < 4.78 is 90.8. The molecule has 0 radical (unpaired) electrons. The van der Waals surface area contributed by atoms with Crippen LogP contribution in [0.15, 0.2) is 48.5 Å². The van der Waals surface area contributed by atoms with Gasteiger partial charge >= 0.3 is 6.18 Å². The highest BCUT2D eigenvalue weighted by Crippen LogP contribution is 2.40. The van der Waals surface area contributed by atoms with Crippen molar-refractivity contribution in [3.63, 3.8) is 0 Å². The molecule has 1 heterocycles. The summed E-state index contributed by atoms with van der Waals surface area (Å²) in [5.41, 5.74) is -1.49. The van der Waals surface area contributed by atoms with E-state index in [4.69, 9.17) is 11.6 Å². The molecule has 1 aliphatic rings. The lowest BCUT2D eigenvalue weighted by atomic mass is 9.94. The molecule has 13 heteroatoms. The van der Waals surface area contributed by atoms with Crippen molar-refractivity contribution in [2.45, 2.75) is 18.6 Å². The van der Waals surface area contributed by atoms with Crippen molar-refractivity contribution < 1.29 is 40.0 Å². The van der Waals surface area contributed by atoms with Crippen LogP contribution < -0.4 is 10.6 Å². The summed E-state index contributed by atoms with van der Waals surface area (Å²) in [6.07, 6.45) is -3.95. The highest BCUT2D eigenvalue weighted by molar-refractivity contribution is 7.90. The topological polar surface area (TPSA) is 92.3 Å². The largest absolute Gasteiger partial charge is 0.416 e. The Morgan fingerprint density at radius 3 is 2.42 bits per heavy atom. The highest BCUT2D eigenvalue weighted by Gasteiger charge is 2.35. The second kappa shape index (κ2) is 9.99. The number of carbonyl (C=O) groups is 2. The standard InChI is InChI=1S/C25H18ClF5N2O4S/c1-38(36,37)5-4-12-6-18-21(22(33-24(18)35)17-11-15(27)2-3-19(17)26)20(7-12)32-23(34)13-8-14(25(29,30)31)10-16(28)9-13/h2-3,6-11,22H,4-5H2,1H3,(H,32,34)(H,33,35). The number of aryl methyl sites for hydroxylation is 1. The number of fused-ring (bicyclic) bond motifs is 1. The van der Waals surface area contributed by atoms with E-state index in [2.05, 4.69) is 10.6 Å². The molecule has 3 aromatic rings. The third-order valence-corrected chi connectivity index (χ3v) is 7.10. The van der Waals surface area contributed by atoms with Crippen LogP contribution in [-0.4, -0.2) is 32.2 Å². The SMILES string of the molecule is CS(=O)(=O)CCc1cc(NC(=O)c2cc(F)cc(C(F)(F)F)c2)c2c(c1)C(=O)NC2c1cc(F)ccc1Cl. The van der Waals surface area contributed by atoms with Crippen molar-refractivity contribution in [2.24, 2.45) is 0 Å². The van der Waals surface area contributed by atoms with Gasteiger partial charge in [0.2, 0.25) is 0 Å². The predicted octanol–water partition coefficient (Wildman–Crippen LogP) is 5.31. The van der Waals surface area contributed by atoms with Gasteiger partial charge in [0, 0.05) is 39.2 Å². The zero-order chi connectivity index (χ0) is 28.0. The van der Waals surface area contributed by atoms with E-state index in [1.54, 1.807) is 0 Å². The van der Waals surface area contributed by atoms with E-state index in [0.29, 0.717) is 17.7 Å². The molecule has 0 saturated heterocycles. The quantitative estimate of drug-likeness (QED) is 0.392. The predicted molar refractivity (Wildman–Crippen MR) is 130 cm³/mol. The van der Waals surface area contributed by atoms with Crippen molar-refractivity contribution in [3.8, 4) is 0 Å². The number of nitrogens with one attached hydrogen (secondary N) is 2. The molecule has 3 aromatic carbocycles. The molecule has 6 nitrogen and oxygen atoms in total.